The molecule has 9 atom stereocenters. The number of nitrogens with zero attached hydrogens (tertiary/aromatic N) is 8. The van der Waals surface area contributed by atoms with E-state index in [2.05, 4.69) is 70.5 Å². The zero-order valence-electron chi connectivity index (χ0n) is 36.6. The molecule has 0 amide bonds. The predicted molar refractivity (Wildman–Crippen MR) is 251 cm³/mol. The largest absolute Gasteiger partial charge is 0.383 e. The molecule has 4 aliphatic rings. The van der Waals surface area contributed by atoms with E-state index in [1.807, 2.05) is 51.2 Å². The highest BCUT2D eigenvalue weighted by molar-refractivity contribution is 6.31. The molecule has 3 saturated heterocycles. The Balaban J connectivity index is 0.858. The van der Waals surface area contributed by atoms with Crippen LogP contribution in [-0.2, 0) is 42.9 Å². The van der Waals surface area contributed by atoms with Gasteiger partial charge in [0.2, 0.25) is 0 Å². The highest BCUT2D eigenvalue weighted by atomic mass is 35.5. The van der Waals surface area contributed by atoms with E-state index in [4.69, 9.17) is 63.3 Å². The van der Waals surface area contributed by atoms with Crippen molar-refractivity contribution in [3.63, 3.8) is 0 Å². The topological polar surface area (TPSA) is 185 Å². The number of ether oxygens (including phenoxy) is 5. The Morgan fingerprint density at radius 1 is 0.667 bits per heavy atom. The molecule has 2 aromatic carbocycles. The first-order chi connectivity index (χ1) is 31.8. The summed E-state index contributed by atoms with van der Waals surface area (Å²) < 4.78 is 39.1. The van der Waals surface area contributed by atoms with Crippen LogP contribution >= 0.6 is 23.2 Å². The van der Waals surface area contributed by atoms with Crippen LogP contribution in [0, 0.1) is 5.92 Å². The molecule has 9 heterocycles. The lowest BCUT2D eigenvalue weighted by Gasteiger charge is -2.30. The highest BCUT2D eigenvalue weighted by Crippen LogP contribution is 2.51. The number of anilines is 2. The summed E-state index contributed by atoms with van der Waals surface area (Å²) in [5, 5.41) is 4.74. The molecule has 0 radical (unpaired) electrons. The van der Waals surface area contributed by atoms with Crippen LogP contribution in [0.15, 0.2) is 91.9 Å². The maximum absolute atomic E-state index is 7.22. The Morgan fingerprint density at radius 3 is 2.02 bits per heavy atom. The molecule has 1 unspecified atom stereocenters. The van der Waals surface area contributed by atoms with E-state index in [1.54, 1.807) is 12.4 Å². The average molecular weight is 928 g/mol. The summed E-state index contributed by atoms with van der Waals surface area (Å²) >= 11 is 12.5. The van der Waals surface area contributed by atoms with Gasteiger partial charge in [-0.2, -0.15) is 0 Å². The number of benzene rings is 2. The first-order valence-electron chi connectivity index (χ1n) is 22.5. The number of pyridine rings is 2. The fourth-order valence-electron chi connectivity index (χ4n) is 11.1. The molecular weight excluding hydrogens is 880 g/mol. The summed E-state index contributed by atoms with van der Waals surface area (Å²) in [6.07, 6.45) is 10.5. The van der Waals surface area contributed by atoms with Gasteiger partial charge in [-0.15, -0.1) is 0 Å². The third-order valence-electron chi connectivity index (χ3n) is 14.0. The number of aryl methyl sites for hydroxylation is 2. The second kappa shape index (κ2) is 15.8. The fourth-order valence-corrected chi connectivity index (χ4v) is 11.4. The predicted octanol–water partition coefficient (Wildman–Crippen LogP) is 8.73. The van der Waals surface area contributed by atoms with Crippen LogP contribution in [0.3, 0.4) is 0 Å². The van der Waals surface area contributed by atoms with E-state index >= 15 is 0 Å². The molecule has 17 heteroatoms. The van der Waals surface area contributed by atoms with Crippen molar-refractivity contribution in [2.45, 2.75) is 114 Å². The van der Waals surface area contributed by atoms with Crippen LogP contribution in [0.2, 0.25) is 10.0 Å². The lowest BCUT2D eigenvalue weighted by molar-refractivity contribution is -0.198. The maximum atomic E-state index is 7.22. The molecule has 66 heavy (non-hydrogen) atoms. The molecule has 8 aromatic rings. The van der Waals surface area contributed by atoms with E-state index in [9.17, 15) is 0 Å². The molecule has 4 N–H and O–H groups in total. The van der Waals surface area contributed by atoms with Crippen molar-refractivity contribution in [3.8, 4) is 0 Å². The molecule has 12 rings (SSSR count). The number of nitrogens with two attached hydrogens (primary N) is 2. The zero-order chi connectivity index (χ0) is 45.1. The first kappa shape index (κ1) is 41.9. The lowest BCUT2D eigenvalue weighted by Crippen LogP contribution is -2.35. The summed E-state index contributed by atoms with van der Waals surface area (Å²) in [5.74, 6) is -0.928. The lowest BCUT2D eigenvalue weighted by atomic mass is 9.95. The van der Waals surface area contributed by atoms with Crippen LogP contribution in [0.25, 0.3) is 43.9 Å². The molecule has 0 spiro atoms. The number of fused-ring (bicyclic) bond motifs is 6. The third kappa shape index (κ3) is 7.32. The molecule has 3 aliphatic heterocycles. The van der Waals surface area contributed by atoms with Gasteiger partial charge in [0.25, 0.3) is 0 Å². The van der Waals surface area contributed by atoms with Gasteiger partial charge in [-0.25, -0.2) is 19.9 Å². The number of rotatable bonds is 10. The molecule has 6 aromatic heterocycles. The van der Waals surface area contributed by atoms with Gasteiger partial charge in [0.1, 0.15) is 53.9 Å². The van der Waals surface area contributed by atoms with E-state index in [1.165, 1.54) is 18.2 Å². The van der Waals surface area contributed by atoms with Crippen LogP contribution < -0.4 is 11.5 Å². The number of hydrogen-bond donors (Lipinski definition) is 2. The van der Waals surface area contributed by atoms with Crippen molar-refractivity contribution < 1.29 is 23.7 Å². The Kier molecular flexibility index (Phi) is 10.0. The number of hydrogen-bond acceptors (Lipinski definition) is 13. The normalized spacial score (nSPS) is 28.0. The summed E-state index contributed by atoms with van der Waals surface area (Å²) in [4.78, 5) is 27.2. The summed E-state index contributed by atoms with van der Waals surface area (Å²) in [7, 11) is 0. The second-order valence-electron chi connectivity index (χ2n) is 18.8. The van der Waals surface area contributed by atoms with Crippen LogP contribution in [0.4, 0.5) is 11.6 Å². The molecule has 1 saturated carbocycles. The van der Waals surface area contributed by atoms with Gasteiger partial charge < -0.3 is 44.3 Å². The minimum absolute atomic E-state index is 0.0801. The fraction of sp³-hybridized carbons (Fsp3) is 0.388. The Bertz CT molecular complexity index is 3200. The molecule has 338 valence electrons. The van der Waals surface area contributed by atoms with Crippen molar-refractivity contribution in [1.82, 2.24) is 39.0 Å². The monoisotopic (exact) mass is 926 g/mol. The smallest absolute Gasteiger partial charge is 0.172 e. The first-order valence-corrected chi connectivity index (χ1v) is 23.2. The molecule has 15 nitrogen and oxygen atoms in total. The van der Waals surface area contributed by atoms with Gasteiger partial charge in [0, 0.05) is 41.5 Å². The third-order valence-corrected chi connectivity index (χ3v) is 14.4. The Morgan fingerprint density at radius 2 is 1.30 bits per heavy atom. The van der Waals surface area contributed by atoms with Gasteiger partial charge in [-0.3, -0.25) is 9.97 Å². The van der Waals surface area contributed by atoms with Crippen molar-refractivity contribution in [2.24, 2.45) is 5.92 Å². The van der Waals surface area contributed by atoms with Crippen molar-refractivity contribution in [2.75, 3.05) is 11.5 Å². The molecule has 1 aliphatic carbocycles. The summed E-state index contributed by atoms with van der Waals surface area (Å²) in [6.45, 7) is 5.92. The SMILES string of the molecule is CC1(C)O[C@@H]2[C@H](O1)[C@@H](CCc1ccc3cc(Cl)cnc3c1)O[C@H]2n1c(CC2(C)O[C@@H]3[C@@H](CCc4ccc5cc(Cl)cnc5c4)C[C@@H](n4ccc5c(N)ncnc54)[C@@H]3O2)cc2c(N)ncnc21. The summed E-state index contributed by atoms with van der Waals surface area (Å²) in [5.41, 5.74) is 19.3. The van der Waals surface area contributed by atoms with Gasteiger partial charge in [-0.1, -0.05) is 47.5 Å². The standard InChI is InChI=1S/C49H48Cl2N10O5/c1-48(2)63-41-38(11-7-26-5-9-28-17-31(51)22-55-36(28)15-26)62-47(42(41)64-48)61-32(19-34-44(53)57-24-59-46(34)61)20-49(3)65-39-29(10-6-25-4-8-27-16-30(50)21-54-35(27)14-25)18-37(40(39)66-49)60-13-12-33-43(52)56-23-58-45(33)60/h4-5,8-9,12-17,19,21-24,29,37-42,47H,6-7,10-11,18,20H2,1-3H3,(H2,52,56,58)(H2,53,57,59)/t29-,37+,38+,39+,40-,41+,42+,47+,49?/m0/s1. The zero-order valence-corrected chi connectivity index (χ0v) is 38.1. The highest BCUT2D eigenvalue weighted by Gasteiger charge is 2.58. The molecule has 4 fully saturated rings. The van der Waals surface area contributed by atoms with Crippen LogP contribution in [0.5, 0.6) is 0 Å². The number of nitrogen functional groups attached to an aromatic ring is 2. The van der Waals surface area contributed by atoms with Gasteiger partial charge in [0.05, 0.1) is 50.1 Å². The second-order valence-corrected chi connectivity index (χ2v) is 19.7. The Hall–Kier alpha value is -5.52. The quantitative estimate of drug-likeness (QED) is 0.133. The van der Waals surface area contributed by atoms with Gasteiger partial charge >= 0.3 is 0 Å². The average Bonchev–Trinajstić information content (AvgIpc) is 4.14. The van der Waals surface area contributed by atoms with Crippen molar-refractivity contribution in [1.29, 1.82) is 0 Å². The van der Waals surface area contributed by atoms with Crippen molar-refractivity contribution >= 4 is 78.7 Å². The minimum Gasteiger partial charge on any atom is -0.383 e. The van der Waals surface area contributed by atoms with E-state index < -0.39 is 23.9 Å². The van der Waals surface area contributed by atoms with Crippen LogP contribution in [-0.4, -0.2) is 81.1 Å². The van der Waals surface area contributed by atoms with Gasteiger partial charge in [-0.05, 0) is 106 Å². The van der Waals surface area contributed by atoms with Crippen molar-refractivity contribution in [3.05, 3.63) is 119 Å². The van der Waals surface area contributed by atoms with E-state index in [0.717, 1.165) is 69.8 Å². The maximum Gasteiger partial charge on any atom is 0.172 e. The minimum atomic E-state index is -1.05. The van der Waals surface area contributed by atoms with E-state index in [0.29, 0.717) is 45.6 Å². The molecular formula is C49H48Cl2N10O5. The number of halogens is 2. The molecule has 0 bridgehead atoms. The van der Waals surface area contributed by atoms with Crippen LogP contribution in [0.1, 0.15) is 69.1 Å². The Labute approximate surface area is 389 Å². The van der Waals surface area contributed by atoms with E-state index in [-0.39, 0.29) is 36.4 Å². The number of aromatic nitrogens is 8. The van der Waals surface area contributed by atoms with Gasteiger partial charge in [0.15, 0.2) is 17.8 Å². The summed E-state index contributed by atoms with van der Waals surface area (Å²) in [6, 6.07) is 20.5.